The number of nitrogens with zero attached hydrogens (tertiary/aromatic N) is 1. The molecule has 1 N–H and O–H groups in total. The Hall–Kier alpha value is -0.120. The van der Waals surface area contributed by atoms with Gasteiger partial charge in [-0.05, 0) is 51.6 Å². The summed E-state index contributed by atoms with van der Waals surface area (Å²) >= 11 is 0. The SMILES string of the molecule is CCNC1CCC(CC)CC1N(C)C1CCOCC1. The van der Waals surface area contributed by atoms with Gasteiger partial charge < -0.3 is 10.1 Å². The Bertz CT molecular complexity index is 253. The number of rotatable bonds is 5. The standard InChI is InChI=1S/C16H32N2O/c1-4-13-6-7-15(17-5-2)16(12-13)18(3)14-8-10-19-11-9-14/h13-17H,4-12H2,1-3H3. The molecule has 0 bridgehead atoms. The third kappa shape index (κ3) is 3.93. The summed E-state index contributed by atoms with van der Waals surface area (Å²) in [5.74, 6) is 0.933. The van der Waals surface area contributed by atoms with Crippen molar-refractivity contribution in [1.82, 2.24) is 10.2 Å². The van der Waals surface area contributed by atoms with E-state index < -0.39 is 0 Å². The molecule has 3 heteroatoms. The Morgan fingerprint density at radius 1 is 1.11 bits per heavy atom. The molecule has 2 aliphatic rings. The Kier molecular flexibility index (Phi) is 6.11. The molecule has 0 spiro atoms. The first-order chi connectivity index (χ1) is 9.26. The van der Waals surface area contributed by atoms with Gasteiger partial charge in [-0.2, -0.15) is 0 Å². The molecule has 2 fully saturated rings. The van der Waals surface area contributed by atoms with E-state index in [2.05, 4.69) is 31.1 Å². The highest BCUT2D eigenvalue weighted by molar-refractivity contribution is 4.92. The van der Waals surface area contributed by atoms with Gasteiger partial charge >= 0.3 is 0 Å². The van der Waals surface area contributed by atoms with Gasteiger partial charge in [-0.1, -0.05) is 20.3 Å². The van der Waals surface area contributed by atoms with E-state index in [1.54, 1.807) is 0 Å². The molecule has 1 aliphatic heterocycles. The molecular weight excluding hydrogens is 236 g/mol. The predicted octanol–water partition coefficient (Wildman–Crippen LogP) is 2.65. The number of hydrogen-bond donors (Lipinski definition) is 1. The molecule has 0 aromatic carbocycles. The van der Waals surface area contributed by atoms with Crippen LogP contribution in [0.4, 0.5) is 0 Å². The average Bonchev–Trinajstić information content (AvgIpc) is 2.48. The maximum atomic E-state index is 5.51. The van der Waals surface area contributed by atoms with E-state index >= 15 is 0 Å². The molecule has 2 rings (SSSR count). The topological polar surface area (TPSA) is 24.5 Å². The molecule has 19 heavy (non-hydrogen) atoms. The largest absolute Gasteiger partial charge is 0.381 e. The third-order valence-electron chi connectivity index (χ3n) is 5.26. The second-order valence-electron chi connectivity index (χ2n) is 6.33. The Morgan fingerprint density at radius 3 is 2.47 bits per heavy atom. The number of ether oxygens (including phenoxy) is 1. The summed E-state index contributed by atoms with van der Waals surface area (Å²) in [4.78, 5) is 2.68. The molecule has 1 heterocycles. The van der Waals surface area contributed by atoms with Crippen LogP contribution in [0.2, 0.25) is 0 Å². The second kappa shape index (κ2) is 7.61. The van der Waals surface area contributed by atoms with Crippen molar-refractivity contribution in [3.05, 3.63) is 0 Å². The van der Waals surface area contributed by atoms with Crippen LogP contribution >= 0.6 is 0 Å². The highest BCUT2D eigenvalue weighted by Gasteiger charge is 2.34. The molecule has 1 saturated heterocycles. The van der Waals surface area contributed by atoms with Crippen molar-refractivity contribution in [3.63, 3.8) is 0 Å². The summed E-state index contributed by atoms with van der Waals surface area (Å²) in [6.45, 7) is 7.58. The summed E-state index contributed by atoms with van der Waals surface area (Å²) in [5, 5.41) is 3.73. The summed E-state index contributed by atoms with van der Waals surface area (Å²) in [6, 6.07) is 2.15. The lowest BCUT2D eigenvalue weighted by Crippen LogP contribution is -2.55. The van der Waals surface area contributed by atoms with Crippen molar-refractivity contribution in [2.24, 2.45) is 5.92 Å². The third-order valence-corrected chi connectivity index (χ3v) is 5.26. The van der Waals surface area contributed by atoms with Gasteiger partial charge in [0, 0.05) is 31.3 Å². The van der Waals surface area contributed by atoms with Crippen LogP contribution in [-0.2, 0) is 4.74 Å². The van der Waals surface area contributed by atoms with E-state index in [1.807, 2.05) is 0 Å². The first-order valence-electron chi connectivity index (χ1n) is 8.29. The normalized spacial score (nSPS) is 33.8. The van der Waals surface area contributed by atoms with Gasteiger partial charge in [-0.25, -0.2) is 0 Å². The molecule has 3 atom stereocenters. The highest BCUT2D eigenvalue weighted by Crippen LogP contribution is 2.31. The van der Waals surface area contributed by atoms with Crippen LogP contribution in [0.25, 0.3) is 0 Å². The first-order valence-corrected chi connectivity index (χ1v) is 8.29. The van der Waals surface area contributed by atoms with E-state index in [9.17, 15) is 0 Å². The fourth-order valence-electron chi connectivity index (χ4n) is 3.92. The molecule has 0 radical (unpaired) electrons. The molecule has 3 unspecified atom stereocenters. The Morgan fingerprint density at radius 2 is 1.84 bits per heavy atom. The average molecular weight is 268 g/mol. The van der Waals surface area contributed by atoms with Crippen LogP contribution in [0.15, 0.2) is 0 Å². The van der Waals surface area contributed by atoms with Crippen molar-refractivity contribution in [2.45, 2.75) is 70.5 Å². The van der Waals surface area contributed by atoms with Crippen molar-refractivity contribution in [3.8, 4) is 0 Å². The minimum atomic E-state index is 0.695. The number of hydrogen-bond acceptors (Lipinski definition) is 3. The van der Waals surface area contributed by atoms with Gasteiger partial charge in [0.05, 0.1) is 0 Å². The molecule has 0 aromatic heterocycles. The van der Waals surface area contributed by atoms with Crippen LogP contribution in [0.1, 0.15) is 52.4 Å². The monoisotopic (exact) mass is 268 g/mol. The van der Waals surface area contributed by atoms with Crippen LogP contribution in [0, 0.1) is 5.92 Å². The number of likely N-dealkylation sites (N-methyl/N-ethyl adjacent to an activating group) is 2. The number of nitrogens with one attached hydrogen (secondary N) is 1. The van der Waals surface area contributed by atoms with E-state index in [1.165, 1.54) is 38.5 Å². The lowest BCUT2D eigenvalue weighted by atomic mass is 9.79. The zero-order chi connectivity index (χ0) is 13.7. The Labute approximate surface area is 119 Å². The fraction of sp³-hybridized carbons (Fsp3) is 1.00. The Balaban J connectivity index is 1.98. The molecule has 112 valence electrons. The molecule has 0 aromatic rings. The smallest absolute Gasteiger partial charge is 0.0480 e. The lowest BCUT2D eigenvalue weighted by Gasteiger charge is -2.45. The fourth-order valence-corrected chi connectivity index (χ4v) is 3.92. The van der Waals surface area contributed by atoms with Gasteiger partial charge in [0.25, 0.3) is 0 Å². The van der Waals surface area contributed by atoms with Crippen LogP contribution < -0.4 is 5.32 Å². The molecule has 1 aliphatic carbocycles. The first kappa shape index (κ1) is 15.3. The van der Waals surface area contributed by atoms with Crippen molar-refractivity contribution >= 4 is 0 Å². The van der Waals surface area contributed by atoms with Crippen molar-refractivity contribution < 1.29 is 4.74 Å². The molecule has 3 nitrogen and oxygen atoms in total. The van der Waals surface area contributed by atoms with Gasteiger partial charge in [0.15, 0.2) is 0 Å². The van der Waals surface area contributed by atoms with Crippen LogP contribution in [0.5, 0.6) is 0 Å². The minimum Gasteiger partial charge on any atom is -0.381 e. The van der Waals surface area contributed by atoms with Gasteiger partial charge in [0.2, 0.25) is 0 Å². The highest BCUT2D eigenvalue weighted by atomic mass is 16.5. The second-order valence-corrected chi connectivity index (χ2v) is 6.33. The van der Waals surface area contributed by atoms with Gasteiger partial charge in [-0.3, -0.25) is 4.90 Å². The summed E-state index contributed by atoms with van der Waals surface area (Å²) in [6.07, 6.45) is 7.90. The van der Waals surface area contributed by atoms with E-state index in [-0.39, 0.29) is 0 Å². The van der Waals surface area contributed by atoms with E-state index in [0.717, 1.165) is 37.8 Å². The zero-order valence-corrected chi connectivity index (χ0v) is 13.0. The zero-order valence-electron chi connectivity index (χ0n) is 13.0. The van der Waals surface area contributed by atoms with Gasteiger partial charge in [0.1, 0.15) is 0 Å². The van der Waals surface area contributed by atoms with E-state index in [0.29, 0.717) is 6.04 Å². The van der Waals surface area contributed by atoms with Crippen molar-refractivity contribution in [1.29, 1.82) is 0 Å². The van der Waals surface area contributed by atoms with Crippen molar-refractivity contribution in [2.75, 3.05) is 26.8 Å². The summed E-state index contributed by atoms with van der Waals surface area (Å²) < 4.78 is 5.51. The quantitative estimate of drug-likeness (QED) is 0.829. The van der Waals surface area contributed by atoms with E-state index in [4.69, 9.17) is 4.74 Å². The summed E-state index contributed by atoms with van der Waals surface area (Å²) in [7, 11) is 2.35. The minimum absolute atomic E-state index is 0.695. The maximum Gasteiger partial charge on any atom is 0.0480 e. The predicted molar refractivity (Wildman–Crippen MR) is 80.5 cm³/mol. The molecule has 1 saturated carbocycles. The van der Waals surface area contributed by atoms with Crippen LogP contribution in [-0.4, -0.2) is 49.8 Å². The maximum absolute atomic E-state index is 5.51. The molecular formula is C16H32N2O. The van der Waals surface area contributed by atoms with Gasteiger partial charge in [-0.15, -0.1) is 0 Å². The lowest BCUT2D eigenvalue weighted by molar-refractivity contribution is 0.00815. The van der Waals surface area contributed by atoms with Crippen LogP contribution in [0.3, 0.4) is 0 Å². The summed E-state index contributed by atoms with van der Waals surface area (Å²) in [5.41, 5.74) is 0. The molecule has 0 amide bonds.